The molecule has 0 aliphatic rings. The van der Waals surface area contributed by atoms with Gasteiger partial charge in [-0.15, -0.1) is 0 Å². The highest BCUT2D eigenvalue weighted by Gasteiger charge is 2.24. The molecule has 0 spiro atoms. The second-order valence-corrected chi connectivity index (χ2v) is 9.95. The maximum atomic E-state index is 13.1. The zero-order chi connectivity index (χ0) is 24.9. The van der Waals surface area contributed by atoms with Crippen molar-refractivity contribution in [2.75, 3.05) is 18.4 Å². The summed E-state index contributed by atoms with van der Waals surface area (Å²) < 4.78 is 6.88. The number of hydrogen-bond acceptors (Lipinski definition) is 4. The lowest BCUT2D eigenvalue weighted by Gasteiger charge is -2.21. The molecule has 0 saturated carbocycles. The van der Waals surface area contributed by atoms with Gasteiger partial charge in [-0.25, -0.2) is 4.68 Å². The molecule has 9 heteroatoms. The Morgan fingerprint density at radius 2 is 1.88 bits per heavy atom. The van der Waals surface area contributed by atoms with Gasteiger partial charge in [0.25, 0.3) is 5.91 Å². The Morgan fingerprint density at radius 1 is 1.12 bits per heavy atom. The van der Waals surface area contributed by atoms with Gasteiger partial charge in [-0.1, -0.05) is 63.7 Å². The molecule has 2 heterocycles. The largest absolute Gasteiger partial charge is 0.459 e. The Bertz CT molecular complexity index is 1130. The Morgan fingerprint density at radius 3 is 2.50 bits per heavy atom. The van der Waals surface area contributed by atoms with Crippen molar-refractivity contribution in [3.8, 4) is 5.69 Å². The van der Waals surface area contributed by atoms with Crippen molar-refractivity contribution in [2.45, 2.75) is 52.4 Å². The minimum absolute atomic E-state index is 0.110. The molecule has 0 aliphatic carbocycles. The van der Waals surface area contributed by atoms with E-state index in [1.807, 2.05) is 26.8 Å². The standard InChI is InChI=1S/C25H30Cl2N4O3/c1-5-6-7-12-30(24(33)20-9-8-13-34-20)16-23(32)28-22-15-21(25(2,3)4)29-31(22)17-10-11-18(26)19(27)14-17/h8-11,13-15H,5-7,12,16H2,1-4H3,(H,28,32). The molecule has 1 N–H and O–H groups in total. The van der Waals surface area contributed by atoms with Crippen LogP contribution in [0.15, 0.2) is 47.1 Å². The lowest BCUT2D eigenvalue weighted by Crippen LogP contribution is -2.38. The fraction of sp³-hybridized carbons (Fsp3) is 0.400. The van der Waals surface area contributed by atoms with E-state index in [1.54, 1.807) is 35.0 Å². The Balaban J connectivity index is 1.85. The van der Waals surface area contributed by atoms with Crippen LogP contribution >= 0.6 is 23.2 Å². The van der Waals surface area contributed by atoms with E-state index < -0.39 is 0 Å². The van der Waals surface area contributed by atoms with Gasteiger partial charge in [0, 0.05) is 18.0 Å². The second kappa shape index (κ2) is 11.1. The number of benzene rings is 1. The van der Waals surface area contributed by atoms with E-state index in [9.17, 15) is 9.59 Å². The molecule has 0 fully saturated rings. The molecule has 1 aromatic carbocycles. The van der Waals surface area contributed by atoms with E-state index >= 15 is 0 Å². The number of unbranched alkanes of at least 4 members (excludes halogenated alkanes) is 2. The van der Waals surface area contributed by atoms with E-state index in [-0.39, 0.29) is 29.5 Å². The zero-order valence-corrected chi connectivity index (χ0v) is 21.4. The van der Waals surface area contributed by atoms with Crippen LogP contribution in [0, 0.1) is 0 Å². The predicted octanol–water partition coefficient (Wildman–Crippen LogP) is 6.34. The number of nitrogens with zero attached hydrogens (tertiary/aromatic N) is 3. The number of halogens is 2. The van der Waals surface area contributed by atoms with Gasteiger partial charge < -0.3 is 14.6 Å². The van der Waals surface area contributed by atoms with Crippen LogP contribution in [0.3, 0.4) is 0 Å². The van der Waals surface area contributed by atoms with E-state index in [1.165, 1.54) is 11.2 Å². The molecule has 2 amide bonds. The number of rotatable bonds is 9. The highest BCUT2D eigenvalue weighted by Crippen LogP contribution is 2.29. The number of carbonyl (C=O) groups excluding carboxylic acids is 2. The van der Waals surface area contributed by atoms with Gasteiger partial charge in [0.15, 0.2) is 5.76 Å². The first-order valence-electron chi connectivity index (χ1n) is 11.3. The van der Waals surface area contributed by atoms with E-state index in [2.05, 4.69) is 12.2 Å². The first-order chi connectivity index (χ1) is 16.1. The Kier molecular flexibility index (Phi) is 8.44. The molecule has 0 bridgehead atoms. The first-order valence-corrected chi connectivity index (χ1v) is 12.0. The minimum atomic E-state index is -0.335. The number of furan rings is 1. The SMILES string of the molecule is CCCCCN(CC(=O)Nc1cc(C(C)(C)C)nn1-c1ccc(Cl)c(Cl)c1)C(=O)c1ccco1. The Labute approximate surface area is 210 Å². The molecular formula is C25H30Cl2N4O3. The van der Waals surface area contributed by atoms with Crippen molar-refractivity contribution in [1.29, 1.82) is 0 Å². The predicted molar refractivity (Wildman–Crippen MR) is 135 cm³/mol. The molecule has 7 nitrogen and oxygen atoms in total. The quantitative estimate of drug-likeness (QED) is 0.344. The normalized spacial score (nSPS) is 11.5. The second-order valence-electron chi connectivity index (χ2n) is 9.13. The van der Waals surface area contributed by atoms with Gasteiger partial charge in [-0.05, 0) is 36.8 Å². The van der Waals surface area contributed by atoms with Crippen molar-refractivity contribution in [2.24, 2.45) is 0 Å². The summed E-state index contributed by atoms with van der Waals surface area (Å²) in [7, 11) is 0. The fourth-order valence-electron chi connectivity index (χ4n) is 3.37. The monoisotopic (exact) mass is 504 g/mol. The van der Waals surface area contributed by atoms with Crippen molar-refractivity contribution in [1.82, 2.24) is 14.7 Å². The highest BCUT2D eigenvalue weighted by atomic mass is 35.5. The molecule has 2 aromatic heterocycles. The summed E-state index contributed by atoms with van der Waals surface area (Å²) in [5.41, 5.74) is 1.20. The molecular weight excluding hydrogens is 475 g/mol. The van der Waals surface area contributed by atoms with Gasteiger partial charge in [0.2, 0.25) is 5.91 Å². The zero-order valence-electron chi connectivity index (χ0n) is 19.9. The lowest BCUT2D eigenvalue weighted by atomic mass is 9.92. The van der Waals surface area contributed by atoms with Gasteiger partial charge in [-0.2, -0.15) is 5.10 Å². The number of anilines is 1. The number of carbonyl (C=O) groups is 2. The highest BCUT2D eigenvalue weighted by molar-refractivity contribution is 6.42. The van der Waals surface area contributed by atoms with Crippen LogP contribution < -0.4 is 5.32 Å². The summed E-state index contributed by atoms with van der Waals surface area (Å²) in [6, 6.07) is 10.2. The van der Waals surface area contributed by atoms with Gasteiger partial charge in [0.1, 0.15) is 12.4 Å². The smallest absolute Gasteiger partial charge is 0.290 e. The van der Waals surface area contributed by atoms with Crippen LogP contribution in [-0.4, -0.2) is 39.6 Å². The Hall–Kier alpha value is -2.77. The van der Waals surface area contributed by atoms with Crippen LogP contribution in [-0.2, 0) is 10.2 Å². The molecule has 3 rings (SSSR count). The average Bonchev–Trinajstić information content (AvgIpc) is 3.45. The summed E-state index contributed by atoms with van der Waals surface area (Å²) in [4.78, 5) is 27.5. The van der Waals surface area contributed by atoms with Gasteiger partial charge >= 0.3 is 0 Å². The van der Waals surface area contributed by atoms with Crippen molar-refractivity contribution in [3.05, 3.63) is 64.2 Å². The number of aromatic nitrogens is 2. The maximum Gasteiger partial charge on any atom is 0.290 e. The van der Waals surface area contributed by atoms with E-state index in [0.29, 0.717) is 28.1 Å². The maximum absolute atomic E-state index is 13.1. The summed E-state index contributed by atoms with van der Waals surface area (Å²) in [6.45, 7) is 8.55. The topological polar surface area (TPSA) is 80.4 Å². The molecule has 0 atom stereocenters. The summed E-state index contributed by atoms with van der Waals surface area (Å²) in [5.74, 6) is 0.0372. The molecule has 3 aromatic rings. The third-order valence-corrected chi connectivity index (χ3v) is 6.02. The third kappa shape index (κ3) is 6.42. The van der Waals surface area contributed by atoms with E-state index in [4.69, 9.17) is 32.7 Å². The third-order valence-electron chi connectivity index (χ3n) is 5.28. The fourth-order valence-corrected chi connectivity index (χ4v) is 3.66. The summed E-state index contributed by atoms with van der Waals surface area (Å²) in [5, 5.41) is 8.43. The van der Waals surface area contributed by atoms with Crippen LogP contribution in [0.2, 0.25) is 10.0 Å². The van der Waals surface area contributed by atoms with Gasteiger partial charge in [0.05, 0.1) is 27.7 Å². The van der Waals surface area contributed by atoms with E-state index in [0.717, 1.165) is 25.0 Å². The van der Waals surface area contributed by atoms with Crippen LogP contribution in [0.25, 0.3) is 5.69 Å². The van der Waals surface area contributed by atoms with Crippen LogP contribution in [0.1, 0.15) is 63.2 Å². The van der Waals surface area contributed by atoms with Gasteiger partial charge in [-0.3, -0.25) is 9.59 Å². The molecule has 0 saturated heterocycles. The summed E-state index contributed by atoms with van der Waals surface area (Å²) >= 11 is 12.3. The minimum Gasteiger partial charge on any atom is -0.459 e. The summed E-state index contributed by atoms with van der Waals surface area (Å²) in [6.07, 6.45) is 4.21. The van der Waals surface area contributed by atoms with Crippen LogP contribution in [0.5, 0.6) is 0 Å². The number of nitrogens with one attached hydrogen (secondary N) is 1. The number of hydrogen-bond donors (Lipinski definition) is 1. The molecule has 0 radical (unpaired) electrons. The van der Waals surface area contributed by atoms with Crippen molar-refractivity contribution < 1.29 is 14.0 Å². The molecule has 34 heavy (non-hydrogen) atoms. The molecule has 182 valence electrons. The molecule has 0 aliphatic heterocycles. The molecule has 0 unspecified atom stereocenters. The van der Waals surface area contributed by atoms with Crippen LogP contribution in [0.4, 0.5) is 5.82 Å². The average molecular weight is 505 g/mol. The lowest BCUT2D eigenvalue weighted by molar-refractivity contribution is -0.117. The first kappa shape index (κ1) is 25.8. The number of amides is 2. The van der Waals surface area contributed by atoms with Crippen molar-refractivity contribution >= 4 is 40.8 Å². The van der Waals surface area contributed by atoms with Crippen molar-refractivity contribution in [3.63, 3.8) is 0 Å².